The molecule has 218 valence electrons. The Kier molecular flexibility index (Phi) is 12.9. The summed E-state index contributed by atoms with van der Waals surface area (Å²) in [5, 5.41) is 0. The van der Waals surface area contributed by atoms with Gasteiger partial charge in [-0.3, -0.25) is 4.79 Å². The molecule has 7 heteroatoms. The molecule has 0 aromatic rings. The highest BCUT2D eigenvalue weighted by Crippen LogP contribution is 2.47. The van der Waals surface area contributed by atoms with Crippen molar-refractivity contribution in [2.45, 2.75) is 147 Å². The van der Waals surface area contributed by atoms with Crippen molar-refractivity contribution in [1.29, 1.82) is 0 Å². The fraction of sp³-hybridized carbons (Fsp3) is 0.903. The first-order valence-electron chi connectivity index (χ1n) is 15.6. The lowest BCUT2D eigenvalue weighted by molar-refractivity contribution is -0.194. The summed E-state index contributed by atoms with van der Waals surface area (Å²) in [6.07, 6.45) is 21.7. The maximum Gasteiger partial charge on any atom is 0.305 e. The Morgan fingerprint density at radius 2 is 1.76 bits per heavy atom. The predicted octanol–water partition coefficient (Wildman–Crippen LogP) is 6.47. The minimum atomic E-state index is -0.126. The van der Waals surface area contributed by atoms with E-state index >= 15 is 0 Å². The van der Waals surface area contributed by atoms with Crippen LogP contribution in [0.25, 0.3) is 0 Å². The number of rotatable bonds is 15. The van der Waals surface area contributed by atoms with Crippen LogP contribution in [0.4, 0.5) is 0 Å². The van der Waals surface area contributed by atoms with Gasteiger partial charge in [0.15, 0.2) is 12.6 Å². The second kappa shape index (κ2) is 16.3. The Morgan fingerprint density at radius 3 is 2.47 bits per heavy atom. The lowest BCUT2D eigenvalue weighted by Gasteiger charge is -2.30. The number of carbonyl (C=O) groups is 1. The molecule has 3 aliphatic heterocycles. The van der Waals surface area contributed by atoms with Crippen LogP contribution in [0.15, 0.2) is 12.2 Å². The van der Waals surface area contributed by atoms with Crippen molar-refractivity contribution in [1.82, 2.24) is 0 Å². The van der Waals surface area contributed by atoms with Gasteiger partial charge in [-0.25, -0.2) is 0 Å². The molecule has 0 N–H and O–H groups in total. The van der Waals surface area contributed by atoms with Crippen LogP contribution in [-0.4, -0.2) is 63.3 Å². The molecule has 0 aromatic carbocycles. The monoisotopic (exact) mass is 536 g/mol. The molecule has 0 spiro atoms. The fourth-order valence-electron chi connectivity index (χ4n) is 6.58. The third kappa shape index (κ3) is 9.29. The topological polar surface area (TPSA) is 72.5 Å². The van der Waals surface area contributed by atoms with Gasteiger partial charge in [-0.15, -0.1) is 0 Å². The number of esters is 1. The summed E-state index contributed by atoms with van der Waals surface area (Å²) in [6.45, 7) is 3.84. The summed E-state index contributed by atoms with van der Waals surface area (Å²) >= 11 is 0. The van der Waals surface area contributed by atoms with Crippen molar-refractivity contribution in [3.63, 3.8) is 0 Å². The fourth-order valence-corrected chi connectivity index (χ4v) is 6.58. The van der Waals surface area contributed by atoms with Gasteiger partial charge in [0, 0.05) is 32.0 Å². The average Bonchev–Trinajstić information content (AvgIpc) is 3.47. The molecule has 4 rings (SSSR count). The second-order valence-corrected chi connectivity index (χ2v) is 11.7. The Hall–Kier alpha value is -0.990. The summed E-state index contributed by atoms with van der Waals surface area (Å²) in [4.78, 5) is 11.4. The van der Waals surface area contributed by atoms with E-state index < -0.39 is 0 Å². The van der Waals surface area contributed by atoms with E-state index in [0.29, 0.717) is 18.3 Å². The molecule has 0 radical (unpaired) electrons. The van der Waals surface area contributed by atoms with Gasteiger partial charge < -0.3 is 28.4 Å². The van der Waals surface area contributed by atoms with E-state index in [1.807, 2.05) is 0 Å². The average molecular weight is 537 g/mol. The summed E-state index contributed by atoms with van der Waals surface area (Å²) in [6, 6.07) is 0. The Balaban J connectivity index is 1.37. The number of carbonyl (C=O) groups excluding carboxylic acids is 1. The molecule has 38 heavy (non-hydrogen) atoms. The molecule has 4 fully saturated rings. The number of hydrogen-bond donors (Lipinski definition) is 0. The predicted molar refractivity (Wildman–Crippen MR) is 146 cm³/mol. The quantitative estimate of drug-likeness (QED) is 0.135. The second-order valence-electron chi connectivity index (χ2n) is 11.7. The highest BCUT2D eigenvalue weighted by atomic mass is 16.7. The van der Waals surface area contributed by atoms with E-state index in [0.717, 1.165) is 77.4 Å². The normalized spacial score (nSPS) is 34.4. The number of ether oxygens (including phenoxy) is 6. The number of methoxy groups -OCH3 is 1. The first-order valence-corrected chi connectivity index (χ1v) is 15.6. The first kappa shape index (κ1) is 30.0. The van der Waals surface area contributed by atoms with Crippen LogP contribution in [0.3, 0.4) is 0 Å². The SMILES string of the molecule is CCCCC[C@@H](/C=C/[C@@H]1[C@H]2CC(CCCCC(=O)OC)O[C@@H]2C[C@H]1OC1CCCCO1)OC1CCCCO1. The molecule has 7 nitrogen and oxygen atoms in total. The molecule has 4 aliphatic rings. The van der Waals surface area contributed by atoms with Crippen molar-refractivity contribution >= 4 is 5.97 Å². The van der Waals surface area contributed by atoms with Gasteiger partial charge in [0.2, 0.25) is 0 Å². The van der Waals surface area contributed by atoms with Crippen LogP contribution in [0.2, 0.25) is 0 Å². The number of hydrogen-bond acceptors (Lipinski definition) is 7. The van der Waals surface area contributed by atoms with Crippen LogP contribution in [-0.2, 0) is 33.2 Å². The van der Waals surface area contributed by atoms with Gasteiger partial charge in [0.1, 0.15) is 0 Å². The minimum absolute atomic E-state index is 0.0757. The van der Waals surface area contributed by atoms with E-state index in [1.54, 1.807) is 0 Å². The van der Waals surface area contributed by atoms with Gasteiger partial charge in [0.25, 0.3) is 0 Å². The van der Waals surface area contributed by atoms with Crippen molar-refractivity contribution in [3.8, 4) is 0 Å². The minimum Gasteiger partial charge on any atom is -0.469 e. The molecule has 3 heterocycles. The maximum atomic E-state index is 11.4. The molecule has 1 saturated carbocycles. The molecular formula is C31H52O7. The third-order valence-corrected chi connectivity index (χ3v) is 8.72. The first-order chi connectivity index (χ1) is 18.7. The lowest BCUT2D eigenvalue weighted by Crippen LogP contribution is -2.31. The summed E-state index contributed by atoms with van der Waals surface area (Å²) in [5.41, 5.74) is 0. The van der Waals surface area contributed by atoms with E-state index in [4.69, 9.17) is 28.4 Å². The van der Waals surface area contributed by atoms with Gasteiger partial charge in [0.05, 0.1) is 31.5 Å². The highest BCUT2D eigenvalue weighted by molar-refractivity contribution is 5.68. The van der Waals surface area contributed by atoms with Crippen molar-refractivity contribution < 1.29 is 33.2 Å². The number of fused-ring (bicyclic) bond motifs is 1. The molecule has 8 atom stereocenters. The molecular weight excluding hydrogens is 484 g/mol. The zero-order valence-corrected chi connectivity index (χ0v) is 23.9. The summed E-state index contributed by atoms with van der Waals surface area (Å²) in [5.74, 6) is 0.626. The van der Waals surface area contributed by atoms with Crippen molar-refractivity contribution in [3.05, 3.63) is 12.2 Å². The standard InChI is InChI=1S/C31H52O7/c1-3-4-5-12-23(37-30-15-8-10-19-34-30)17-18-25-26-21-24(13-6-7-14-29(32)33-2)36-28(26)22-27(25)38-31-16-9-11-20-35-31/h17-18,23-28,30-31H,3-16,19-22H2,1-2H3/b18-17+/t23-,24?,25+,26+,27+,28+,30?,31?/m0/s1. The summed E-state index contributed by atoms with van der Waals surface area (Å²) < 4.78 is 36.2. The molecule has 0 aromatic heterocycles. The zero-order chi connectivity index (χ0) is 26.6. The van der Waals surface area contributed by atoms with Crippen LogP contribution in [0.5, 0.6) is 0 Å². The van der Waals surface area contributed by atoms with Crippen LogP contribution >= 0.6 is 0 Å². The Morgan fingerprint density at radius 1 is 0.974 bits per heavy atom. The van der Waals surface area contributed by atoms with Crippen LogP contribution in [0.1, 0.15) is 110 Å². The third-order valence-electron chi connectivity index (χ3n) is 8.72. The van der Waals surface area contributed by atoms with Gasteiger partial charge >= 0.3 is 5.97 Å². The van der Waals surface area contributed by atoms with Crippen molar-refractivity contribution in [2.75, 3.05) is 20.3 Å². The maximum absolute atomic E-state index is 11.4. The van der Waals surface area contributed by atoms with Gasteiger partial charge in [-0.05, 0) is 70.1 Å². The molecule has 3 saturated heterocycles. The lowest BCUT2D eigenvalue weighted by atomic mass is 9.88. The van der Waals surface area contributed by atoms with E-state index in [9.17, 15) is 4.79 Å². The highest BCUT2D eigenvalue weighted by Gasteiger charge is 2.49. The summed E-state index contributed by atoms with van der Waals surface area (Å²) in [7, 11) is 1.45. The van der Waals surface area contributed by atoms with Crippen LogP contribution in [0, 0.1) is 11.8 Å². The van der Waals surface area contributed by atoms with Gasteiger partial charge in [-0.2, -0.15) is 0 Å². The zero-order valence-electron chi connectivity index (χ0n) is 23.9. The molecule has 0 amide bonds. The van der Waals surface area contributed by atoms with E-state index in [2.05, 4.69) is 19.1 Å². The van der Waals surface area contributed by atoms with E-state index in [1.165, 1.54) is 39.2 Å². The van der Waals surface area contributed by atoms with Crippen LogP contribution < -0.4 is 0 Å². The molecule has 1 aliphatic carbocycles. The van der Waals surface area contributed by atoms with E-state index in [-0.39, 0.29) is 43.0 Å². The number of unbranched alkanes of at least 4 members (excludes halogenated alkanes) is 3. The molecule has 3 unspecified atom stereocenters. The van der Waals surface area contributed by atoms with Crippen molar-refractivity contribution in [2.24, 2.45) is 11.8 Å². The Labute approximate surface area is 230 Å². The molecule has 0 bridgehead atoms. The Bertz CT molecular complexity index is 700. The van der Waals surface area contributed by atoms with Gasteiger partial charge in [-0.1, -0.05) is 44.8 Å². The smallest absolute Gasteiger partial charge is 0.305 e. The largest absolute Gasteiger partial charge is 0.469 e.